The first-order valence-electron chi connectivity index (χ1n) is 12.4. The molecule has 3 atom stereocenters. The Hall–Kier alpha value is -3.37. The van der Waals surface area contributed by atoms with Crippen molar-refractivity contribution in [1.29, 1.82) is 0 Å². The maximum Gasteiger partial charge on any atom is 0.263 e. The molecule has 2 bridgehead atoms. The van der Waals surface area contributed by atoms with E-state index in [1.807, 2.05) is 12.1 Å². The molecule has 7 rings (SSSR count). The van der Waals surface area contributed by atoms with E-state index in [-0.39, 0.29) is 29.7 Å². The molecular formula is C26H28FN5O4. The topological polar surface area (TPSA) is 107 Å². The molecule has 3 unspecified atom stereocenters. The lowest BCUT2D eigenvalue weighted by Gasteiger charge is -2.38. The molecule has 9 nitrogen and oxygen atoms in total. The number of ether oxygens (including phenoxy) is 2. The predicted octanol–water partition coefficient (Wildman–Crippen LogP) is 2.77. The quantitative estimate of drug-likeness (QED) is 0.544. The molecule has 3 aromatic heterocycles. The van der Waals surface area contributed by atoms with Crippen LogP contribution in [0.15, 0.2) is 41.3 Å². The van der Waals surface area contributed by atoms with Gasteiger partial charge in [-0.3, -0.25) is 14.6 Å². The zero-order valence-corrected chi connectivity index (χ0v) is 19.8. The van der Waals surface area contributed by atoms with Crippen LogP contribution < -0.4 is 20.9 Å². The molecule has 2 saturated heterocycles. The van der Waals surface area contributed by atoms with Gasteiger partial charge in [0.1, 0.15) is 5.82 Å². The number of pyridine rings is 3. The maximum atomic E-state index is 13.8. The summed E-state index contributed by atoms with van der Waals surface area (Å²) in [4.78, 5) is 32.8. The number of nitrogens with one attached hydrogen (secondary N) is 2. The Morgan fingerprint density at radius 2 is 2.08 bits per heavy atom. The fourth-order valence-corrected chi connectivity index (χ4v) is 5.66. The number of rotatable bonds is 6. The van der Waals surface area contributed by atoms with Crippen LogP contribution in [0.25, 0.3) is 11.0 Å². The second kappa shape index (κ2) is 9.25. The van der Waals surface area contributed by atoms with E-state index in [0.29, 0.717) is 48.2 Å². The van der Waals surface area contributed by atoms with Crippen molar-refractivity contribution in [2.24, 2.45) is 5.92 Å². The molecule has 1 aliphatic carbocycles. The first-order valence-corrected chi connectivity index (χ1v) is 12.4. The van der Waals surface area contributed by atoms with Gasteiger partial charge in [-0.2, -0.15) is 0 Å². The molecule has 3 fully saturated rings. The van der Waals surface area contributed by atoms with E-state index < -0.39 is 5.82 Å². The van der Waals surface area contributed by atoms with Crippen molar-refractivity contribution in [2.75, 3.05) is 18.5 Å². The molecule has 0 aromatic carbocycles. The molecule has 188 valence electrons. The number of amides is 1. The average molecular weight is 494 g/mol. The number of aromatic nitrogens is 3. The van der Waals surface area contributed by atoms with Crippen LogP contribution in [-0.4, -0.2) is 45.3 Å². The highest BCUT2D eigenvalue weighted by atomic mass is 19.1. The van der Waals surface area contributed by atoms with E-state index in [4.69, 9.17) is 9.47 Å². The monoisotopic (exact) mass is 493 g/mol. The molecule has 6 heterocycles. The largest absolute Gasteiger partial charge is 0.480 e. The van der Waals surface area contributed by atoms with E-state index in [0.717, 1.165) is 37.8 Å². The van der Waals surface area contributed by atoms with Gasteiger partial charge in [0.2, 0.25) is 0 Å². The summed E-state index contributed by atoms with van der Waals surface area (Å²) < 4.78 is 27.2. The number of fused-ring (bicyclic) bond motifs is 6. The first kappa shape index (κ1) is 23.1. The van der Waals surface area contributed by atoms with Gasteiger partial charge in [-0.1, -0.05) is 0 Å². The van der Waals surface area contributed by atoms with Crippen LogP contribution in [0.1, 0.15) is 37.8 Å². The van der Waals surface area contributed by atoms with E-state index in [9.17, 15) is 14.0 Å². The van der Waals surface area contributed by atoms with Crippen LogP contribution in [0, 0.1) is 11.7 Å². The van der Waals surface area contributed by atoms with Crippen molar-refractivity contribution in [3.05, 3.63) is 58.4 Å². The van der Waals surface area contributed by atoms with Gasteiger partial charge in [-0.25, -0.2) is 9.37 Å². The third-order valence-electron chi connectivity index (χ3n) is 7.71. The van der Waals surface area contributed by atoms with E-state index in [1.54, 1.807) is 10.6 Å². The summed E-state index contributed by atoms with van der Waals surface area (Å²) in [6.45, 7) is 1.70. The number of hydrogen-bond acceptors (Lipinski definition) is 7. The highest BCUT2D eigenvalue weighted by Gasteiger charge is 2.42. The number of halogens is 1. The number of hydrogen-bond donors (Lipinski definition) is 2. The number of nitrogens with zero attached hydrogens (tertiary/aromatic N) is 3. The van der Waals surface area contributed by atoms with Crippen LogP contribution in [0.5, 0.6) is 5.75 Å². The first-order chi connectivity index (χ1) is 17.5. The molecular weight excluding hydrogens is 465 g/mol. The Kier molecular flexibility index (Phi) is 5.93. The summed E-state index contributed by atoms with van der Waals surface area (Å²) in [6, 6.07) is 8.25. The number of carbonyl (C=O) groups is 1. The summed E-state index contributed by atoms with van der Waals surface area (Å²) in [5.41, 5.74) is 1.68. The summed E-state index contributed by atoms with van der Waals surface area (Å²) in [5, 5.41) is 6.44. The van der Waals surface area contributed by atoms with Crippen molar-refractivity contribution in [1.82, 2.24) is 19.9 Å². The molecule has 1 saturated carbocycles. The number of aryl methyl sites for hydroxylation is 1. The molecule has 0 radical (unpaired) electrons. The van der Waals surface area contributed by atoms with Gasteiger partial charge in [0, 0.05) is 30.8 Å². The second-order valence-corrected chi connectivity index (χ2v) is 9.98. The SMILES string of the molecule is O=C1COc2ccc(CNC34CCC(CCn5c(=O)ccc6ncc(F)cc65)C(CC3)OC4)nc2N1. The smallest absolute Gasteiger partial charge is 0.263 e. The number of carbonyl (C=O) groups excluding carboxylic acids is 1. The van der Waals surface area contributed by atoms with Crippen molar-refractivity contribution in [2.45, 2.75) is 56.8 Å². The molecule has 36 heavy (non-hydrogen) atoms. The number of anilines is 1. The van der Waals surface area contributed by atoms with Crippen molar-refractivity contribution in [3.63, 3.8) is 0 Å². The van der Waals surface area contributed by atoms with Gasteiger partial charge in [0.25, 0.3) is 11.5 Å². The Balaban J connectivity index is 1.11. The van der Waals surface area contributed by atoms with Gasteiger partial charge in [0.05, 0.1) is 35.6 Å². The summed E-state index contributed by atoms with van der Waals surface area (Å²) in [7, 11) is 0. The summed E-state index contributed by atoms with van der Waals surface area (Å²) in [6.07, 6.45) is 5.98. The standard InChI is InChI=1S/C26H28FN5O4/c27-17-11-20-19(28-12-17)2-4-24(34)32(20)10-7-16-5-8-26(9-6-21(16)36-15-26)29-13-18-1-3-22-25(30-18)31-23(33)14-35-22/h1-4,11-12,16,21,29H,5-10,13-15H2,(H,30,31,33). The Labute approximate surface area is 207 Å². The molecule has 1 amide bonds. The Morgan fingerprint density at radius 1 is 1.19 bits per heavy atom. The minimum Gasteiger partial charge on any atom is -0.480 e. The molecule has 3 aromatic rings. The third kappa shape index (κ3) is 4.46. The van der Waals surface area contributed by atoms with E-state index in [2.05, 4.69) is 20.6 Å². The lowest BCUT2D eigenvalue weighted by Crippen LogP contribution is -2.51. The zero-order valence-electron chi connectivity index (χ0n) is 19.8. The van der Waals surface area contributed by atoms with Gasteiger partial charge in [-0.15, -0.1) is 0 Å². The van der Waals surface area contributed by atoms with Gasteiger partial charge in [-0.05, 0) is 56.2 Å². The van der Waals surface area contributed by atoms with Crippen LogP contribution in [-0.2, 0) is 22.6 Å². The highest BCUT2D eigenvalue weighted by molar-refractivity contribution is 5.94. The lowest BCUT2D eigenvalue weighted by molar-refractivity contribution is -0.118. The van der Waals surface area contributed by atoms with Crippen molar-refractivity contribution < 1.29 is 18.7 Å². The fourth-order valence-electron chi connectivity index (χ4n) is 5.66. The van der Waals surface area contributed by atoms with E-state index in [1.165, 1.54) is 18.3 Å². The van der Waals surface area contributed by atoms with Crippen LogP contribution in [0.4, 0.5) is 10.2 Å². The van der Waals surface area contributed by atoms with Crippen molar-refractivity contribution >= 4 is 22.8 Å². The van der Waals surface area contributed by atoms with Crippen molar-refractivity contribution in [3.8, 4) is 5.75 Å². The van der Waals surface area contributed by atoms with Gasteiger partial charge < -0.3 is 24.7 Å². The van der Waals surface area contributed by atoms with Crippen LogP contribution in [0.3, 0.4) is 0 Å². The minimum atomic E-state index is -0.449. The highest BCUT2D eigenvalue weighted by Crippen LogP contribution is 2.39. The minimum absolute atomic E-state index is 0.0119. The zero-order chi connectivity index (χ0) is 24.7. The summed E-state index contributed by atoms with van der Waals surface area (Å²) in [5.74, 6) is 0.709. The maximum absolute atomic E-state index is 13.8. The fraction of sp³-hybridized carbons (Fsp3) is 0.462. The Bertz CT molecular complexity index is 1370. The second-order valence-electron chi connectivity index (χ2n) is 9.98. The van der Waals surface area contributed by atoms with Gasteiger partial charge in [0.15, 0.2) is 18.2 Å². The summed E-state index contributed by atoms with van der Waals surface area (Å²) >= 11 is 0. The third-order valence-corrected chi connectivity index (χ3v) is 7.71. The molecule has 0 spiro atoms. The van der Waals surface area contributed by atoms with Gasteiger partial charge >= 0.3 is 0 Å². The van der Waals surface area contributed by atoms with Crippen LogP contribution in [0.2, 0.25) is 0 Å². The predicted molar refractivity (Wildman–Crippen MR) is 130 cm³/mol. The lowest BCUT2D eigenvalue weighted by atomic mass is 9.89. The molecule has 10 heteroatoms. The van der Waals surface area contributed by atoms with E-state index >= 15 is 0 Å². The van der Waals surface area contributed by atoms with Crippen LogP contribution >= 0.6 is 0 Å². The normalized spacial score (nSPS) is 25.2. The molecule has 2 N–H and O–H groups in total. The molecule has 3 aliphatic heterocycles. The molecule has 4 aliphatic rings. The Morgan fingerprint density at radius 3 is 2.94 bits per heavy atom. The average Bonchev–Trinajstić information content (AvgIpc) is 3.16.